The average Bonchev–Trinajstić information content (AvgIpc) is 3.23. The number of hydrogen-bond acceptors (Lipinski definition) is 7. The normalized spacial score (nSPS) is 14.6. The second-order valence-electron chi connectivity index (χ2n) is 8.08. The first-order valence-electron chi connectivity index (χ1n) is 11.5. The number of carboxylic acid groups (broad SMARTS) is 2. The predicted molar refractivity (Wildman–Crippen MR) is 126 cm³/mol. The molecule has 1 saturated heterocycles. The van der Waals surface area contributed by atoms with Crippen molar-refractivity contribution in [2.24, 2.45) is 0 Å². The van der Waals surface area contributed by atoms with E-state index < -0.39 is 24.3 Å². The summed E-state index contributed by atoms with van der Waals surface area (Å²) in [5, 5.41) is 23.0. The molecule has 1 aromatic heterocycles. The number of carboxylic acids is 2. The highest BCUT2D eigenvalue weighted by Gasteiger charge is 2.38. The molecule has 0 aliphatic carbocycles. The van der Waals surface area contributed by atoms with Crippen molar-refractivity contribution in [1.29, 1.82) is 0 Å². The van der Waals surface area contributed by atoms with Gasteiger partial charge in [-0.05, 0) is 6.92 Å². The number of aliphatic carboxylic acids is 2. The second kappa shape index (κ2) is 16.0. The standard InChI is InChI=1S/C19H28N4O2.2C2HF3O2/c1-16-18(21-19(20-16)17-5-3-2-4-6-17)15-23-9-7-22(8-10-23)11-13-25-14-12-24;2*3-2(4,5)1(6)7/h2-6,24H,7-15H2,1H3,(H,20,21);2*(H,6,7). The number of ether oxygens (including phenoxy) is 1. The molecule has 220 valence electrons. The van der Waals surface area contributed by atoms with Crippen LogP contribution in [0.15, 0.2) is 30.3 Å². The van der Waals surface area contributed by atoms with Gasteiger partial charge in [0.15, 0.2) is 0 Å². The Morgan fingerprint density at radius 2 is 1.41 bits per heavy atom. The highest BCUT2D eigenvalue weighted by atomic mass is 19.4. The van der Waals surface area contributed by atoms with Gasteiger partial charge in [0.1, 0.15) is 5.82 Å². The Bertz CT molecular complexity index is 985. The number of aliphatic hydroxyl groups excluding tert-OH is 1. The van der Waals surface area contributed by atoms with Crippen LogP contribution in [0.25, 0.3) is 11.4 Å². The van der Waals surface area contributed by atoms with E-state index >= 15 is 0 Å². The van der Waals surface area contributed by atoms with E-state index in [0.29, 0.717) is 13.2 Å². The number of imidazole rings is 1. The van der Waals surface area contributed by atoms with Gasteiger partial charge in [-0.15, -0.1) is 0 Å². The number of rotatable bonds is 8. The molecule has 39 heavy (non-hydrogen) atoms. The van der Waals surface area contributed by atoms with Gasteiger partial charge in [-0.1, -0.05) is 30.3 Å². The number of aromatic amines is 1. The molecule has 0 bridgehead atoms. The number of alkyl halides is 6. The second-order valence-corrected chi connectivity index (χ2v) is 8.08. The number of nitrogens with zero attached hydrogens (tertiary/aromatic N) is 3. The number of aryl methyl sites for hydroxylation is 1. The molecule has 1 aliphatic rings. The van der Waals surface area contributed by atoms with E-state index in [1.807, 2.05) is 18.2 Å². The molecule has 1 fully saturated rings. The van der Waals surface area contributed by atoms with Crippen LogP contribution in [0.5, 0.6) is 0 Å². The Labute approximate surface area is 219 Å². The molecule has 16 heteroatoms. The van der Waals surface area contributed by atoms with Gasteiger partial charge in [0, 0.05) is 50.5 Å². The Balaban J connectivity index is 0.000000449. The number of aliphatic hydroxyl groups is 1. The van der Waals surface area contributed by atoms with Crippen LogP contribution in [0.1, 0.15) is 11.4 Å². The molecule has 1 aliphatic heterocycles. The Kier molecular flexibility index (Phi) is 13.9. The minimum absolute atomic E-state index is 0.0990. The zero-order valence-corrected chi connectivity index (χ0v) is 20.9. The van der Waals surface area contributed by atoms with Crippen molar-refractivity contribution in [1.82, 2.24) is 19.8 Å². The molecule has 0 spiro atoms. The Hall–Kier alpha value is -3.21. The number of hydrogen-bond donors (Lipinski definition) is 4. The topological polar surface area (TPSA) is 139 Å². The third-order valence-corrected chi connectivity index (χ3v) is 5.14. The summed E-state index contributed by atoms with van der Waals surface area (Å²) in [6.45, 7) is 9.36. The van der Waals surface area contributed by atoms with Gasteiger partial charge in [0.25, 0.3) is 0 Å². The number of aromatic nitrogens is 2. The molecule has 4 N–H and O–H groups in total. The highest BCUT2D eigenvalue weighted by Crippen LogP contribution is 2.19. The third-order valence-electron chi connectivity index (χ3n) is 5.14. The van der Waals surface area contributed by atoms with Gasteiger partial charge >= 0.3 is 24.3 Å². The molecular formula is C23H30F6N4O6. The number of H-pyrrole nitrogens is 1. The fourth-order valence-electron chi connectivity index (χ4n) is 3.13. The van der Waals surface area contributed by atoms with Crippen molar-refractivity contribution in [3.63, 3.8) is 0 Å². The van der Waals surface area contributed by atoms with Crippen LogP contribution in [-0.4, -0.2) is 112 Å². The molecule has 3 rings (SSSR count). The molecule has 1 aromatic carbocycles. The lowest BCUT2D eigenvalue weighted by Gasteiger charge is -2.34. The Morgan fingerprint density at radius 3 is 1.87 bits per heavy atom. The zero-order chi connectivity index (χ0) is 29.6. The van der Waals surface area contributed by atoms with Crippen molar-refractivity contribution >= 4 is 11.9 Å². The Morgan fingerprint density at radius 1 is 0.923 bits per heavy atom. The predicted octanol–water partition coefficient (Wildman–Crippen LogP) is 2.78. The van der Waals surface area contributed by atoms with Gasteiger partial charge < -0.3 is 25.0 Å². The van der Waals surface area contributed by atoms with Crippen molar-refractivity contribution in [3.8, 4) is 11.4 Å². The smallest absolute Gasteiger partial charge is 0.475 e. The number of piperazine rings is 1. The molecule has 10 nitrogen and oxygen atoms in total. The average molecular weight is 573 g/mol. The monoisotopic (exact) mass is 572 g/mol. The lowest BCUT2D eigenvalue weighted by atomic mass is 10.2. The fraction of sp³-hybridized carbons (Fsp3) is 0.522. The molecule has 0 atom stereocenters. The van der Waals surface area contributed by atoms with Crippen LogP contribution in [0.4, 0.5) is 26.3 Å². The fourth-order valence-corrected chi connectivity index (χ4v) is 3.13. The van der Waals surface area contributed by atoms with Gasteiger partial charge in [0.05, 0.1) is 25.5 Å². The van der Waals surface area contributed by atoms with Crippen molar-refractivity contribution < 1.29 is 56.0 Å². The summed E-state index contributed by atoms with van der Waals surface area (Å²) in [5.41, 5.74) is 3.42. The maximum absolute atomic E-state index is 10.6. The molecular weight excluding hydrogens is 542 g/mol. The van der Waals surface area contributed by atoms with Crippen LogP contribution in [-0.2, 0) is 20.9 Å². The van der Waals surface area contributed by atoms with E-state index in [1.54, 1.807) is 0 Å². The first kappa shape index (κ1) is 33.8. The van der Waals surface area contributed by atoms with E-state index in [1.165, 1.54) is 0 Å². The third kappa shape index (κ3) is 13.4. The van der Waals surface area contributed by atoms with Crippen LogP contribution in [0.2, 0.25) is 0 Å². The van der Waals surface area contributed by atoms with Crippen molar-refractivity contribution in [2.45, 2.75) is 25.8 Å². The zero-order valence-electron chi connectivity index (χ0n) is 20.9. The summed E-state index contributed by atoms with van der Waals surface area (Å²) >= 11 is 0. The van der Waals surface area contributed by atoms with Gasteiger partial charge in [0.2, 0.25) is 0 Å². The minimum Gasteiger partial charge on any atom is -0.475 e. The van der Waals surface area contributed by atoms with Gasteiger partial charge in [-0.2, -0.15) is 26.3 Å². The largest absolute Gasteiger partial charge is 0.490 e. The minimum atomic E-state index is -5.08. The van der Waals surface area contributed by atoms with Crippen molar-refractivity contribution in [2.75, 3.05) is 52.5 Å². The summed E-state index contributed by atoms with van der Waals surface area (Å²) in [6, 6.07) is 10.3. The van der Waals surface area contributed by atoms with Crippen LogP contribution in [0, 0.1) is 6.92 Å². The highest BCUT2D eigenvalue weighted by molar-refractivity contribution is 5.73. The quantitative estimate of drug-likeness (QED) is 0.278. The number of carbonyl (C=O) groups is 2. The lowest BCUT2D eigenvalue weighted by molar-refractivity contribution is -0.193. The summed E-state index contributed by atoms with van der Waals surface area (Å²) < 4.78 is 68.8. The first-order valence-corrected chi connectivity index (χ1v) is 11.5. The van der Waals surface area contributed by atoms with Gasteiger partial charge in [-0.3, -0.25) is 9.80 Å². The maximum Gasteiger partial charge on any atom is 0.490 e. The summed E-state index contributed by atoms with van der Waals surface area (Å²) in [4.78, 5) is 30.9. The first-order chi connectivity index (χ1) is 18.1. The summed E-state index contributed by atoms with van der Waals surface area (Å²) in [5.74, 6) is -4.56. The number of nitrogens with one attached hydrogen (secondary N) is 1. The molecule has 2 aromatic rings. The maximum atomic E-state index is 10.6. The SMILES string of the molecule is Cc1[nH]c(-c2ccccc2)nc1CN1CCN(CCOCCO)CC1.O=C(O)C(F)(F)F.O=C(O)C(F)(F)F. The van der Waals surface area contributed by atoms with E-state index in [-0.39, 0.29) is 6.61 Å². The molecule has 2 heterocycles. The lowest BCUT2D eigenvalue weighted by Crippen LogP contribution is -2.46. The van der Waals surface area contributed by atoms with E-state index in [4.69, 9.17) is 34.6 Å². The number of halogens is 6. The van der Waals surface area contributed by atoms with Crippen LogP contribution in [0.3, 0.4) is 0 Å². The molecule has 0 unspecified atom stereocenters. The van der Waals surface area contributed by atoms with E-state index in [2.05, 4.69) is 33.8 Å². The van der Waals surface area contributed by atoms with Gasteiger partial charge in [-0.25, -0.2) is 14.6 Å². The molecule has 0 saturated carbocycles. The van der Waals surface area contributed by atoms with Crippen LogP contribution >= 0.6 is 0 Å². The van der Waals surface area contributed by atoms with Crippen LogP contribution < -0.4 is 0 Å². The molecule has 0 radical (unpaired) electrons. The van der Waals surface area contributed by atoms with E-state index in [9.17, 15) is 26.3 Å². The number of benzene rings is 1. The van der Waals surface area contributed by atoms with Crippen molar-refractivity contribution in [3.05, 3.63) is 41.7 Å². The van der Waals surface area contributed by atoms with E-state index in [0.717, 1.165) is 62.0 Å². The summed E-state index contributed by atoms with van der Waals surface area (Å²) in [7, 11) is 0. The summed E-state index contributed by atoms with van der Waals surface area (Å²) in [6.07, 6.45) is -10.2. The molecule has 0 amide bonds.